The molecule has 0 heterocycles. The van der Waals surface area contributed by atoms with Gasteiger partial charge in [-0.05, 0) is 20.2 Å². The van der Waals surface area contributed by atoms with Crippen molar-refractivity contribution in [1.29, 1.82) is 0 Å². The van der Waals surface area contributed by atoms with E-state index in [2.05, 4.69) is 36.6 Å². The molecule has 0 fully saturated rings. The summed E-state index contributed by atoms with van der Waals surface area (Å²) in [5.74, 6) is 0. The lowest BCUT2D eigenvalue weighted by Crippen LogP contribution is -2.34. The third-order valence-corrected chi connectivity index (χ3v) is 5.54. The fourth-order valence-electron chi connectivity index (χ4n) is 2.13. The number of non-ortho nitro benzene ring substituents is 1. The molecule has 0 atom stereocenters. The third kappa shape index (κ3) is 6.81. The van der Waals surface area contributed by atoms with Crippen molar-refractivity contribution in [2.24, 2.45) is 0 Å². The summed E-state index contributed by atoms with van der Waals surface area (Å²) < 4.78 is 28.0. The molecule has 0 amide bonds. The molecule has 0 spiro atoms. The van der Waals surface area contributed by atoms with Crippen LogP contribution in [0, 0.1) is 10.1 Å². The van der Waals surface area contributed by atoms with E-state index in [0.717, 1.165) is 6.07 Å². The minimum absolute atomic E-state index is 0.0812. The number of hydrogen-bond donors (Lipinski definition) is 1. The quantitative estimate of drug-likeness (QED) is 0.283. The maximum absolute atomic E-state index is 12.7. The number of likely N-dealkylation sites (N-methyl/N-ethyl adjacent to an activating group) is 1. The summed E-state index contributed by atoms with van der Waals surface area (Å²) >= 11 is 6.70. The summed E-state index contributed by atoms with van der Waals surface area (Å²) in [6, 6.07) is 3.93. The Morgan fingerprint density at radius 2 is 1.76 bits per heavy atom. The molecule has 0 radical (unpaired) electrons. The predicted octanol–water partition coefficient (Wildman–Crippen LogP) is 2.03. The Labute approximate surface area is 165 Å². The molecule has 11 heteroatoms. The third-order valence-electron chi connectivity index (χ3n) is 3.34. The van der Waals surface area contributed by atoms with Gasteiger partial charge in [0.05, 0.1) is 10.6 Å². The highest BCUT2D eigenvalue weighted by Crippen LogP contribution is 2.29. The zero-order valence-corrected chi connectivity index (χ0v) is 18.1. The molecular weight excluding hydrogens is 480 g/mol. The number of nitrogens with zero attached hydrogens (tertiary/aromatic N) is 3. The zero-order chi connectivity index (χ0) is 19.0. The van der Waals surface area contributed by atoms with Crippen molar-refractivity contribution in [3.8, 4) is 0 Å². The van der Waals surface area contributed by atoms with E-state index in [4.69, 9.17) is 0 Å². The van der Waals surface area contributed by atoms with Crippen molar-refractivity contribution in [3.05, 3.63) is 28.3 Å². The van der Waals surface area contributed by atoms with E-state index >= 15 is 0 Å². The summed E-state index contributed by atoms with van der Waals surface area (Å²) in [5, 5.41) is 12.4. The van der Waals surface area contributed by atoms with E-state index in [9.17, 15) is 18.5 Å². The molecule has 142 valence electrons. The largest absolute Gasteiger partial charge is 0.369 e. The van der Waals surface area contributed by atoms with E-state index in [0.29, 0.717) is 36.0 Å². The first kappa shape index (κ1) is 22.3. The number of hydrogen-bond acceptors (Lipinski definition) is 6. The molecule has 1 aromatic rings. The van der Waals surface area contributed by atoms with Crippen LogP contribution in [0.25, 0.3) is 0 Å². The molecule has 0 aromatic heterocycles. The van der Waals surface area contributed by atoms with Crippen molar-refractivity contribution >= 4 is 53.3 Å². The molecule has 1 aromatic carbocycles. The molecule has 0 saturated carbocycles. The molecule has 1 N–H and O–H groups in total. The Bertz CT molecular complexity index is 679. The van der Waals surface area contributed by atoms with Crippen LogP contribution in [0.1, 0.15) is 0 Å². The fourth-order valence-corrected chi connectivity index (χ4v) is 4.25. The van der Waals surface area contributed by atoms with Gasteiger partial charge in [-0.15, -0.1) is 0 Å². The van der Waals surface area contributed by atoms with Gasteiger partial charge in [-0.1, -0.05) is 31.9 Å². The maximum atomic E-state index is 12.7. The number of anilines is 1. The normalized spacial score (nSPS) is 11.7. The van der Waals surface area contributed by atoms with Gasteiger partial charge in [0, 0.05) is 49.0 Å². The van der Waals surface area contributed by atoms with Crippen LogP contribution >= 0.6 is 31.9 Å². The number of nitro benzene ring substituents is 1. The van der Waals surface area contributed by atoms with Crippen LogP contribution in [-0.4, -0.2) is 69.2 Å². The molecule has 25 heavy (non-hydrogen) atoms. The summed E-state index contributed by atoms with van der Waals surface area (Å²) in [6.07, 6.45) is 0. The van der Waals surface area contributed by atoms with E-state index < -0.39 is 14.9 Å². The van der Waals surface area contributed by atoms with Crippen LogP contribution in [-0.2, 0) is 10.0 Å². The first-order chi connectivity index (χ1) is 11.7. The van der Waals surface area contributed by atoms with Gasteiger partial charge in [0.1, 0.15) is 4.90 Å². The Morgan fingerprint density at radius 1 is 1.16 bits per heavy atom. The van der Waals surface area contributed by atoms with Gasteiger partial charge in [0.2, 0.25) is 10.0 Å². The summed E-state index contributed by atoms with van der Waals surface area (Å²) in [6.45, 7) is 1.89. The second-order valence-corrected chi connectivity index (χ2v) is 8.80. The Hall–Kier alpha value is -0.750. The summed E-state index contributed by atoms with van der Waals surface area (Å²) in [5.41, 5.74) is 0.191. The summed E-state index contributed by atoms with van der Waals surface area (Å²) in [4.78, 5) is 14.1. The monoisotopic (exact) mass is 500 g/mol. The van der Waals surface area contributed by atoms with Crippen molar-refractivity contribution in [2.75, 3.05) is 55.8 Å². The van der Waals surface area contributed by atoms with Gasteiger partial charge in [0.15, 0.2) is 0 Å². The first-order valence-electron chi connectivity index (χ1n) is 7.52. The van der Waals surface area contributed by atoms with Gasteiger partial charge in [0.25, 0.3) is 5.69 Å². The van der Waals surface area contributed by atoms with E-state index in [1.54, 1.807) is 0 Å². The number of nitrogens with one attached hydrogen (secondary N) is 1. The van der Waals surface area contributed by atoms with Gasteiger partial charge < -0.3 is 9.80 Å². The van der Waals surface area contributed by atoms with Gasteiger partial charge in [-0.25, -0.2) is 13.1 Å². The number of halogens is 2. The molecule has 0 saturated heterocycles. The second-order valence-electron chi connectivity index (χ2n) is 5.48. The molecule has 8 nitrogen and oxygen atoms in total. The van der Waals surface area contributed by atoms with Crippen LogP contribution in [0.2, 0.25) is 0 Å². The standard InChI is InChI=1S/C14H22Br2N4O4S/c1-18(2)10-7-17-25(23,24)14-11-12(20(21)22)3-4-13(14)19(8-5-15)9-6-16/h3-4,11,17H,5-10H2,1-2H3. The lowest BCUT2D eigenvalue weighted by Gasteiger charge is -2.25. The topological polar surface area (TPSA) is 95.8 Å². The minimum atomic E-state index is -3.88. The van der Waals surface area contributed by atoms with Crippen LogP contribution in [0.4, 0.5) is 11.4 Å². The number of nitro groups is 1. The molecule has 1 rings (SSSR count). The number of sulfonamides is 1. The highest BCUT2D eigenvalue weighted by Gasteiger charge is 2.24. The maximum Gasteiger partial charge on any atom is 0.270 e. The molecular formula is C14H22Br2N4O4S. The van der Waals surface area contributed by atoms with Crippen molar-refractivity contribution in [1.82, 2.24) is 9.62 Å². The van der Waals surface area contributed by atoms with E-state index in [1.807, 2.05) is 23.9 Å². The van der Waals surface area contributed by atoms with Gasteiger partial charge in [-0.2, -0.15) is 0 Å². The predicted molar refractivity (Wildman–Crippen MR) is 107 cm³/mol. The second kappa shape index (κ2) is 10.4. The Morgan fingerprint density at radius 3 is 2.24 bits per heavy atom. The van der Waals surface area contributed by atoms with Crippen LogP contribution < -0.4 is 9.62 Å². The van der Waals surface area contributed by atoms with Gasteiger partial charge >= 0.3 is 0 Å². The average molecular weight is 502 g/mol. The smallest absolute Gasteiger partial charge is 0.270 e. The number of benzene rings is 1. The minimum Gasteiger partial charge on any atom is -0.369 e. The molecule has 0 unspecified atom stereocenters. The van der Waals surface area contributed by atoms with Crippen molar-refractivity contribution in [3.63, 3.8) is 0 Å². The van der Waals surface area contributed by atoms with Crippen LogP contribution in [0.15, 0.2) is 23.1 Å². The summed E-state index contributed by atoms with van der Waals surface area (Å²) in [7, 11) is -0.209. The van der Waals surface area contributed by atoms with Crippen LogP contribution in [0.3, 0.4) is 0 Å². The highest BCUT2D eigenvalue weighted by molar-refractivity contribution is 9.09. The van der Waals surface area contributed by atoms with E-state index in [-0.39, 0.29) is 17.1 Å². The lowest BCUT2D eigenvalue weighted by molar-refractivity contribution is -0.385. The van der Waals surface area contributed by atoms with Crippen LogP contribution in [0.5, 0.6) is 0 Å². The fraction of sp³-hybridized carbons (Fsp3) is 0.571. The zero-order valence-electron chi connectivity index (χ0n) is 14.1. The molecule has 0 aliphatic heterocycles. The van der Waals surface area contributed by atoms with Crippen molar-refractivity contribution in [2.45, 2.75) is 4.90 Å². The first-order valence-corrected chi connectivity index (χ1v) is 11.2. The molecule has 0 bridgehead atoms. The molecule has 0 aliphatic rings. The van der Waals surface area contributed by atoms with E-state index in [1.165, 1.54) is 12.1 Å². The number of alkyl halides is 2. The van der Waals surface area contributed by atoms with Crippen molar-refractivity contribution < 1.29 is 13.3 Å². The van der Waals surface area contributed by atoms with Gasteiger partial charge in [-0.3, -0.25) is 10.1 Å². The Balaban J connectivity index is 3.31. The highest BCUT2D eigenvalue weighted by atomic mass is 79.9. The number of rotatable bonds is 11. The Kier molecular flexibility index (Phi) is 9.28. The molecule has 0 aliphatic carbocycles. The average Bonchev–Trinajstić information content (AvgIpc) is 2.53. The SMILES string of the molecule is CN(C)CCNS(=O)(=O)c1cc([N+](=O)[O-])ccc1N(CCBr)CCBr. The lowest BCUT2D eigenvalue weighted by atomic mass is 10.2.